The van der Waals surface area contributed by atoms with E-state index in [1.165, 1.54) is 50.5 Å². The van der Waals surface area contributed by atoms with E-state index in [-0.39, 0.29) is 11.9 Å². The predicted octanol–water partition coefficient (Wildman–Crippen LogP) is 4.75. The molecule has 5 heteroatoms. The molecule has 182 valence electrons. The molecular formula is C28H43N3O2. The molecule has 0 aromatic heterocycles. The maximum atomic E-state index is 13.7. The number of rotatable bonds is 7. The second kappa shape index (κ2) is 11.5. The van der Waals surface area contributed by atoms with Crippen LogP contribution in [0, 0.1) is 5.92 Å². The van der Waals surface area contributed by atoms with Crippen molar-refractivity contribution in [2.45, 2.75) is 90.1 Å². The van der Waals surface area contributed by atoms with E-state index < -0.39 is 0 Å². The molecule has 1 saturated carbocycles. The number of benzene rings is 1. The Morgan fingerprint density at radius 3 is 2.21 bits per heavy atom. The largest absolute Gasteiger partial charge is 0.339 e. The Morgan fingerprint density at radius 1 is 0.909 bits per heavy atom. The lowest BCUT2D eigenvalue weighted by Gasteiger charge is -2.44. The van der Waals surface area contributed by atoms with Crippen LogP contribution in [0.15, 0.2) is 24.3 Å². The molecule has 2 amide bonds. The number of piperidine rings is 1. The van der Waals surface area contributed by atoms with E-state index in [4.69, 9.17) is 0 Å². The van der Waals surface area contributed by atoms with E-state index in [1.54, 1.807) is 0 Å². The van der Waals surface area contributed by atoms with Gasteiger partial charge in [0.05, 0.1) is 6.04 Å². The van der Waals surface area contributed by atoms with E-state index in [1.807, 2.05) is 17.0 Å². The topological polar surface area (TPSA) is 43.9 Å². The Balaban J connectivity index is 1.38. The normalized spacial score (nSPS) is 23.6. The fourth-order valence-corrected chi connectivity index (χ4v) is 6.11. The first-order chi connectivity index (χ1) is 16.1. The zero-order valence-electron chi connectivity index (χ0n) is 20.8. The van der Waals surface area contributed by atoms with Crippen molar-refractivity contribution >= 4 is 11.8 Å². The maximum absolute atomic E-state index is 13.7. The van der Waals surface area contributed by atoms with Crippen LogP contribution in [-0.4, -0.2) is 71.3 Å². The highest BCUT2D eigenvalue weighted by atomic mass is 16.2. The number of hydrogen-bond donors (Lipinski definition) is 0. The zero-order valence-corrected chi connectivity index (χ0v) is 20.8. The fourth-order valence-electron chi connectivity index (χ4n) is 6.11. The number of hydrogen-bond acceptors (Lipinski definition) is 3. The molecule has 33 heavy (non-hydrogen) atoms. The first-order valence-electron chi connectivity index (χ1n) is 13.5. The molecule has 0 bridgehead atoms. The summed E-state index contributed by atoms with van der Waals surface area (Å²) in [5.74, 6) is 0.964. The first-order valence-corrected chi connectivity index (χ1v) is 13.5. The van der Waals surface area contributed by atoms with Gasteiger partial charge in [-0.1, -0.05) is 38.3 Å². The Bertz CT molecular complexity index is 779. The average molecular weight is 454 g/mol. The van der Waals surface area contributed by atoms with Gasteiger partial charge in [0.25, 0.3) is 5.91 Å². The third kappa shape index (κ3) is 5.79. The second-order valence-electron chi connectivity index (χ2n) is 10.5. The third-order valence-electron chi connectivity index (χ3n) is 8.20. The van der Waals surface area contributed by atoms with Crippen LogP contribution in [0.3, 0.4) is 0 Å². The lowest BCUT2D eigenvalue weighted by atomic mass is 9.92. The third-order valence-corrected chi connectivity index (χ3v) is 8.20. The van der Waals surface area contributed by atoms with Crippen molar-refractivity contribution in [3.8, 4) is 0 Å². The summed E-state index contributed by atoms with van der Waals surface area (Å²) < 4.78 is 0. The van der Waals surface area contributed by atoms with Crippen molar-refractivity contribution in [3.05, 3.63) is 35.4 Å². The van der Waals surface area contributed by atoms with Crippen molar-refractivity contribution in [1.29, 1.82) is 0 Å². The average Bonchev–Trinajstić information content (AvgIpc) is 3.38. The van der Waals surface area contributed by atoms with Crippen molar-refractivity contribution in [2.24, 2.45) is 5.92 Å². The molecule has 0 radical (unpaired) electrons. The van der Waals surface area contributed by atoms with Gasteiger partial charge in [-0.25, -0.2) is 0 Å². The summed E-state index contributed by atoms with van der Waals surface area (Å²) in [7, 11) is 0. The minimum Gasteiger partial charge on any atom is -0.339 e. The predicted molar refractivity (Wildman–Crippen MR) is 133 cm³/mol. The molecular weight excluding hydrogens is 410 g/mol. The SMILES string of the molecule is CCCCc1ccc(C(=O)N2CCN([C@H](C(=O)N3CCCC[C@@H]3C)C3CCCC3)CC2)cc1. The minimum absolute atomic E-state index is 0.00292. The summed E-state index contributed by atoms with van der Waals surface area (Å²) in [4.78, 5) is 33.4. The minimum atomic E-state index is 0.00292. The van der Waals surface area contributed by atoms with Gasteiger partial charge >= 0.3 is 0 Å². The number of nitrogens with zero attached hydrogens (tertiary/aromatic N) is 3. The quantitative estimate of drug-likeness (QED) is 0.599. The van der Waals surface area contributed by atoms with Crippen molar-refractivity contribution in [1.82, 2.24) is 14.7 Å². The molecule has 2 heterocycles. The highest BCUT2D eigenvalue weighted by Crippen LogP contribution is 2.33. The summed E-state index contributed by atoms with van der Waals surface area (Å²) in [6.07, 6.45) is 11.8. The van der Waals surface area contributed by atoms with Crippen LogP contribution in [0.1, 0.15) is 87.6 Å². The monoisotopic (exact) mass is 453 g/mol. The summed E-state index contributed by atoms with van der Waals surface area (Å²) in [6, 6.07) is 8.55. The molecule has 1 aromatic rings. The molecule has 1 aliphatic carbocycles. The first kappa shape index (κ1) is 24.3. The van der Waals surface area contributed by atoms with Crippen LogP contribution in [0.25, 0.3) is 0 Å². The molecule has 3 fully saturated rings. The molecule has 3 aliphatic rings. The van der Waals surface area contributed by atoms with Gasteiger partial charge in [0.1, 0.15) is 0 Å². The number of carbonyl (C=O) groups is 2. The van der Waals surface area contributed by atoms with E-state index >= 15 is 0 Å². The number of amides is 2. The molecule has 2 aliphatic heterocycles. The van der Waals surface area contributed by atoms with Gasteiger partial charge in [-0.15, -0.1) is 0 Å². The van der Waals surface area contributed by atoms with Crippen LogP contribution in [0.2, 0.25) is 0 Å². The van der Waals surface area contributed by atoms with Crippen LogP contribution in [-0.2, 0) is 11.2 Å². The molecule has 2 atom stereocenters. The lowest BCUT2D eigenvalue weighted by Crippen LogP contribution is -2.60. The van der Waals surface area contributed by atoms with Gasteiger partial charge in [-0.2, -0.15) is 0 Å². The summed E-state index contributed by atoms with van der Waals surface area (Å²) >= 11 is 0. The highest BCUT2D eigenvalue weighted by Gasteiger charge is 2.40. The zero-order chi connectivity index (χ0) is 23.2. The molecule has 0 unspecified atom stereocenters. The summed E-state index contributed by atoms with van der Waals surface area (Å²) in [5, 5.41) is 0. The van der Waals surface area contributed by atoms with Gasteiger partial charge in [-0.3, -0.25) is 14.5 Å². The molecule has 5 nitrogen and oxygen atoms in total. The van der Waals surface area contributed by atoms with E-state index in [2.05, 4.69) is 35.8 Å². The molecule has 0 spiro atoms. The number of likely N-dealkylation sites (tertiary alicyclic amines) is 1. The smallest absolute Gasteiger partial charge is 0.253 e. The van der Waals surface area contributed by atoms with Gasteiger partial charge < -0.3 is 9.80 Å². The van der Waals surface area contributed by atoms with E-state index in [0.29, 0.717) is 31.0 Å². The van der Waals surface area contributed by atoms with Crippen LogP contribution in [0.5, 0.6) is 0 Å². The fraction of sp³-hybridized carbons (Fsp3) is 0.714. The Morgan fingerprint density at radius 2 is 1.58 bits per heavy atom. The number of aryl methyl sites for hydroxylation is 1. The number of unbranched alkanes of at least 4 members (excludes halogenated alkanes) is 1. The van der Waals surface area contributed by atoms with Gasteiger partial charge in [0.2, 0.25) is 5.91 Å². The van der Waals surface area contributed by atoms with Crippen molar-refractivity contribution in [3.63, 3.8) is 0 Å². The molecule has 0 N–H and O–H groups in total. The number of carbonyl (C=O) groups excluding carboxylic acids is 2. The number of piperazine rings is 1. The maximum Gasteiger partial charge on any atom is 0.253 e. The van der Waals surface area contributed by atoms with Crippen molar-refractivity contribution in [2.75, 3.05) is 32.7 Å². The van der Waals surface area contributed by atoms with Crippen LogP contribution >= 0.6 is 0 Å². The van der Waals surface area contributed by atoms with Gasteiger partial charge in [-0.05, 0) is 75.5 Å². The Labute approximate surface area is 200 Å². The van der Waals surface area contributed by atoms with Gasteiger partial charge in [0.15, 0.2) is 0 Å². The molecule has 2 saturated heterocycles. The van der Waals surface area contributed by atoms with Crippen LogP contribution in [0.4, 0.5) is 0 Å². The van der Waals surface area contributed by atoms with Crippen molar-refractivity contribution < 1.29 is 9.59 Å². The molecule has 4 rings (SSSR count). The second-order valence-corrected chi connectivity index (χ2v) is 10.5. The molecule has 1 aromatic carbocycles. The lowest BCUT2D eigenvalue weighted by molar-refractivity contribution is -0.143. The van der Waals surface area contributed by atoms with E-state index in [0.717, 1.165) is 44.5 Å². The Kier molecular flexibility index (Phi) is 8.45. The van der Waals surface area contributed by atoms with Crippen LogP contribution < -0.4 is 0 Å². The Hall–Kier alpha value is -1.88. The summed E-state index contributed by atoms with van der Waals surface area (Å²) in [6.45, 7) is 8.36. The van der Waals surface area contributed by atoms with E-state index in [9.17, 15) is 9.59 Å². The highest BCUT2D eigenvalue weighted by molar-refractivity contribution is 5.94. The standard InChI is InChI=1S/C28H43N3O2/c1-3-4-10-23-13-15-25(16-14-23)27(32)30-20-18-29(19-21-30)26(24-11-5-6-12-24)28(33)31-17-8-7-9-22(31)2/h13-16,22,24,26H,3-12,17-21H2,1-2H3/t22-,26-/m0/s1. The summed E-state index contributed by atoms with van der Waals surface area (Å²) in [5.41, 5.74) is 2.09. The van der Waals surface area contributed by atoms with Gasteiger partial charge in [0, 0.05) is 44.3 Å².